The largest absolute Gasteiger partial charge is 0.393 e. The summed E-state index contributed by atoms with van der Waals surface area (Å²) in [4.78, 5) is 2.19. The van der Waals surface area contributed by atoms with Crippen LogP contribution in [0, 0.1) is 11.3 Å². The van der Waals surface area contributed by atoms with Crippen molar-refractivity contribution in [2.45, 2.75) is 31.9 Å². The monoisotopic (exact) mass is 321 g/mol. The lowest BCUT2D eigenvalue weighted by Gasteiger charge is -2.32. The number of nitriles is 1. The Morgan fingerprint density at radius 1 is 1.17 bits per heavy atom. The maximum atomic E-state index is 9.65. The van der Waals surface area contributed by atoms with Gasteiger partial charge in [-0.1, -0.05) is 30.3 Å². The summed E-state index contributed by atoms with van der Waals surface area (Å²) >= 11 is 0. The average Bonchev–Trinajstić information content (AvgIpc) is 2.63. The zero-order chi connectivity index (χ0) is 16.9. The van der Waals surface area contributed by atoms with Gasteiger partial charge in [0, 0.05) is 24.8 Å². The van der Waals surface area contributed by atoms with E-state index >= 15 is 0 Å². The van der Waals surface area contributed by atoms with Crippen LogP contribution >= 0.6 is 0 Å². The number of hydrogen-bond acceptors (Lipinski definition) is 4. The fourth-order valence-electron chi connectivity index (χ4n) is 3.17. The number of nitrogens with zero attached hydrogens (tertiary/aromatic N) is 2. The molecule has 2 aromatic rings. The zero-order valence-electron chi connectivity index (χ0n) is 13.9. The standard InChI is InChI=1S/C20H23N3O/c1-15(16-5-3-2-4-6-16)22-18-7-8-20(17(13-18)14-21)23-11-9-19(24)10-12-23/h2-8,13,15,19,22,24H,9-12H2,1H3. The summed E-state index contributed by atoms with van der Waals surface area (Å²) in [7, 11) is 0. The second-order valence-electron chi connectivity index (χ2n) is 6.34. The van der Waals surface area contributed by atoms with E-state index < -0.39 is 0 Å². The van der Waals surface area contributed by atoms with Crippen molar-refractivity contribution in [2.75, 3.05) is 23.3 Å². The summed E-state index contributed by atoms with van der Waals surface area (Å²) in [6.45, 7) is 3.70. The number of hydrogen-bond donors (Lipinski definition) is 2. The van der Waals surface area contributed by atoms with Crippen LogP contribution in [0.15, 0.2) is 48.5 Å². The minimum Gasteiger partial charge on any atom is -0.393 e. The molecule has 2 N–H and O–H groups in total. The summed E-state index contributed by atoms with van der Waals surface area (Å²) < 4.78 is 0. The Labute approximate surface area is 143 Å². The van der Waals surface area contributed by atoms with Crippen molar-refractivity contribution in [3.05, 3.63) is 59.7 Å². The molecule has 3 rings (SSSR count). The van der Waals surface area contributed by atoms with Crippen LogP contribution in [0.2, 0.25) is 0 Å². The third kappa shape index (κ3) is 3.69. The van der Waals surface area contributed by atoms with Gasteiger partial charge in [0.05, 0.1) is 17.4 Å². The summed E-state index contributed by atoms with van der Waals surface area (Å²) in [5.74, 6) is 0. The zero-order valence-corrected chi connectivity index (χ0v) is 13.9. The lowest BCUT2D eigenvalue weighted by atomic mass is 10.0. The predicted molar refractivity (Wildman–Crippen MR) is 97.1 cm³/mol. The third-order valence-corrected chi connectivity index (χ3v) is 4.60. The highest BCUT2D eigenvalue weighted by molar-refractivity contribution is 5.66. The minimum atomic E-state index is -0.209. The number of aliphatic hydroxyl groups is 1. The van der Waals surface area contributed by atoms with E-state index in [1.54, 1.807) is 0 Å². The maximum Gasteiger partial charge on any atom is 0.101 e. The maximum absolute atomic E-state index is 9.65. The molecule has 0 saturated carbocycles. The summed E-state index contributed by atoms with van der Waals surface area (Å²) in [6, 6.07) is 18.7. The first kappa shape index (κ1) is 16.4. The van der Waals surface area contributed by atoms with Gasteiger partial charge >= 0.3 is 0 Å². The van der Waals surface area contributed by atoms with Gasteiger partial charge in [0.1, 0.15) is 6.07 Å². The van der Waals surface area contributed by atoms with E-state index in [0.29, 0.717) is 5.56 Å². The third-order valence-electron chi connectivity index (χ3n) is 4.60. The number of nitrogens with one attached hydrogen (secondary N) is 1. The molecule has 1 unspecified atom stereocenters. The van der Waals surface area contributed by atoms with Gasteiger partial charge in [0.2, 0.25) is 0 Å². The summed E-state index contributed by atoms with van der Waals surface area (Å²) in [5.41, 5.74) is 3.80. The molecule has 0 radical (unpaired) electrons. The molecule has 0 bridgehead atoms. The van der Waals surface area contributed by atoms with Crippen LogP contribution < -0.4 is 10.2 Å². The first-order valence-electron chi connectivity index (χ1n) is 8.46. The first-order chi connectivity index (χ1) is 11.7. The second kappa shape index (κ2) is 7.37. The Hall–Kier alpha value is -2.51. The second-order valence-corrected chi connectivity index (χ2v) is 6.34. The fraction of sp³-hybridized carbons (Fsp3) is 0.350. The van der Waals surface area contributed by atoms with Gasteiger partial charge in [-0.15, -0.1) is 0 Å². The molecule has 1 atom stereocenters. The molecule has 2 aromatic carbocycles. The Morgan fingerprint density at radius 3 is 2.54 bits per heavy atom. The van der Waals surface area contributed by atoms with Crippen LogP contribution in [-0.4, -0.2) is 24.3 Å². The number of anilines is 2. The number of piperidine rings is 1. The van der Waals surface area contributed by atoms with Gasteiger partial charge in [-0.05, 0) is 43.5 Å². The van der Waals surface area contributed by atoms with E-state index in [1.165, 1.54) is 5.56 Å². The van der Waals surface area contributed by atoms with E-state index in [2.05, 4.69) is 35.3 Å². The molecular formula is C20H23N3O. The molecule has 0 aromatic heterocycles. The quantitative estimate of drug-likeness (QED) is 0.901. The number of aliphatic hydroxyl groups excluding tert-OH is 1. The Balaban J connectivity index is 1.76. The Morgan fingerprint density at radius 2 is 1.88 bits per heavy atom. The van der Waals surface area contributed by atoms with Crippen molar-refractivity contribution in [1.29, 1.82) is 5.26 Å². The highest BCUT2D eigenvalue weighted by atomic mass is 16.3. The van der Waals surface area contributed by atoms with Crippen LogP contribution in [0.5, 0.6) is 0 Å². The van der Waals surface area contributed by atoms with E-state index in [1.807, 2.05) is 36.4 Å². The number of benzene rings is 2. The van der Waals surface area contributed by atoms with Crippen LogP contribution in [0.25, 0.3) is 0 Å². The average molecular weight is 321 g/mol. The van der Waals surface area contributed by atoms with Crippen molar-refractivity contribution in [3.63, 3.8) is 0 Å². The van der Waals surface area contributed by atoms with Crippen LogP contribution in [-0.2, 0) is 0 Å². The molecule has 0 spiro atoms. The van der Waals surface area contributed by atoms with Gasteiger partial charge in [-0.2, -0.15) is 5.26 Å². The van der Waals surface area contributed by atoms with Gasteiger partial charge in [0.25, 0.3) is 0 Å². The van der Waals surface area contributed by atoms with Crippen LogP contribution in [0.1, 0.15) is 36.9 Å². The first-order valence-corrected chi connectivity index (χ1v) is 8.46. The summed E-state index contributed by atoms with van der Waals surface area (Å²) in [6.07, 6.45) is 1.31. The van der Waals surface area contributed by atoms with Gasteiger partial charge in [-0.25, -0.2) is 0 Å². The molecule has 1 aliphatic rings. The number of rotatable bonds is 4. The lowest BCUT2D eigenvalue weighted by molar-refractivity contribution is 0.145. The summed E-state index contributed by atoms with van der Waals surface area (Å²) in [5, 5.41) is 22.6. The molecule has 1 fully saturated rings. The highest BCUT2D eigenvalue weighted by Crippen LogP contribution is 2.28. The predicted octanol–water partition coefficient (Wildman–Crippen LogP) is 3.69. The van der Waals surface area contributed by atoms with Crippen molar-refractivity contribution >= 4 is 11.4 Å². The molecule has 1 aliphatic heterocycles. The van der Waals surface area contributed by atoms with Crippen LogP contribution in [0.4, 0.5) is 11.4 Å². The molecule has 0 amide bonds. The smallest absolute Gasteiger partial charge is 0.101 e. The lowest BCUT2D eigenvalue weighted by Crippen LogP contribution is -2.36. The Bertz CT molecular complexity index is 715. The van der Waals surface area contributed by atoms with Crippen molar-refractivity contribution < 1.29 is 5.11 Å². The molecule has 1 saturated heterocycles. The van der Waals surface area contributed by atoms with E-state index in [0.717, 1.165) is 37.3 Å². The fourth-order valence-corrected chi connectivity index (χ4v) is 3.17. The topological polar surface area (TPSA) is 59.3 Å². The van der Waals surface area contributed by atoms with Gasteiger partial charge in [-0.3, -0.25) is 0 Å². The van der Waals surface area contributed by atoms with Crippen LogP contribution in [0.3, 0.4) is 0 Å². The molecule has 4 heteroatoms. The highest BCUT2D eigenvalue weighted by Gasteiger charge is 2.19. The molecule has 24 heavy (non-hydrogen) atoms. The molecule has 0 aliphatic carbocycles. The molecule has 124 valence electrons. The van der Waals surface area contributed by atoms with E-state index in [-0.39, 0.29) is 12.1 Å². The molecular weight excluding hydrogens is 298 g/mol. The van der Waals surface area contributed by atoms with E-state index in [9.17, 15) is 10.4 Å². The van der Waals surface area contributed by atoms with Crippen molar-refractivity contribution in [2.24, 2.45) is 0 Å². The van der Waals surface area contributed by atoms with Gasteiger partial charge < -0.3 is 15.3 Å². The molecule has 1 heterocycles. The normalized spacial score (nSPS) is 16.5. The van der Waals surface area contributed by atoms with Gasteiger partial charge in [0.15, 0.2) is 0 Å². The SMILES string of the molecule is CC(Nc1ccc(N2CCC(O)CC2)c(C#N)c1)c1ccccc1. The molecule has 4 nitrogen and oxygen atoms in total. The van der Waals surface area contributed by atoms with Crippen molar-refractivity contribution in [1.82, 2.24) is 0 Å². The Kier molecular flexibility index (Phi) is 5.02. The minimum absolute atomic E-state index is 0.175. The van der Waals surface area contributed by atoms with Crippen molar-refractivity contribution in [3.8, 4) is 6.07 Å². The van der Waals surface area contributed by atoms with E-state index in [4.69, 9.17) is 0 Å².